The zero-order chi connectivity index (χ0) is 18.1. The number of methoxy groups -OCH3 is 1. The van der Waals surface area contributed by atoms with Gasteiger partial charge in [0.25, 0.3) is 5.91 Å². The Hall–Kier alpha value is -1.39. The van der Waals surface area contributed by atoms with Gasteiger partial charge in [-0.25, -0.2) is 0 Å². The van der Waals surface area contributed by atoms with E-state index in [0.29, 0.717) is 5.92 Å². The van der Waals surface area contributed by atoms with E-state index < -0.39 is 0 Å². The number of nitrogens with one attached hydrogen (secondary N) is 1. The first kappa shape index (κ1) is 18.4. The molecule has 5 atom stereocenters. The predicted octanol–water partition coefficient (Wildman–Crippen LogP) is 3.89. The number of rotatable bonds is 5. The molecule has 1 saturated heterocycles. The first-order valence-electron chi connectivity index (χ1n) is 9.44. The van der Waals surface area contributed by atoms with E-state index in [2.05, 4.69) is 45.2 Å². The van der Waals surface area contributed by atoms with Crippen molar-refractivity contribution in [2.75, 3.05) is 7.11 Å². The molecule has 138 valence electrons. The Morgan fingerprint density at radius 1 is 1.48 bits per heavy atom. The molecule has 0 aromatic rings. The molecule has 1 fully saturated rings. The summed E-state index contributed by atoms with van der Waals surface area (Å²) < 4.78 is 12.0. The van der Waals surface area contributed by atoms with E-state index in [1.807, 2.05) is 0 Å². The molecule has 0 radical (unpaired) electrons. The lowest BCUT2D eigenvalue weighted by Gasteiger charge is -2.26. The summed E-state index contributed by atoms with van der Waals surface area (Å²) in [5.41, 5.74) is 4.66. The third-order valence-electron chi connectivity index (χ3n) is 5.77. The average molecular weight is 345 g/mol. The van der Waals surface area contributed by atoms with Crippen molar-refractivity contribution in [2.24, 2.45) is 11.8 Å². The first-order chi connectivity index (χ1) is 11.9. The topological polar surface area (TPSA) is 47.6 Å². The molecular formula is C21H31NO3. The number of carbonyl (C=O) groups excluding carboxylic acids is 1. The van der Waals surface area contributed by atoms with Crippen LogP contribution < -0.4 is 5.32 Å². The zero-order valence-corrected chi connectivity index (χ0v) is 16.1. The van der Waals surface area contributed by atoms with Crippen molar-refractivity contribution in [3.8, 4) is 0 Å². The monoisotopic (exact) mass is 345 g/mol. The highest BCUT2D eigenvalue weighted by molar-refractivity contribution is 5.98. The van der Waals surface area contributed by atoms with Gasteiger partial charge in [0.15, 0.2) is 6.23 Å². The lowest BCUT2D eigenvalue weighted by molar-refractivity contribution is -0.120. The van der Waals surface area contributed by atoms with Crippen LogP contribution in [-0.4, -0.2) is 31.5 Å². The summed E-state index contributed by atoms with van der Waals surface area (Å²) in [5.74, 6) is 0.732. The first-order valence-corrected chi connectivity index (χ1v) is 9.44. The summed E-state index contributed by atoms with van der Waals surface area (Å²) in [6, 6.07) is 0. The summed E-state index contributed by atoms with van der Waals surface area (Å²) in [6.45, 7) is 8.74. The van der Waals surface area contributed by atoms with Crippen LogP contribution in [0.4, 0.5) is 0 Å². The van der Waals surface area contributed by atoms with E-state index in [9.17, 15) is 4.79 Å². The van der Waals surface area contributed by atoms with Crippen molar-refractivity contribution in [3.05, 3.63) is 34.4 Å². The molecule has 2 bridgehead atoms. The molecule has 1 aliphatic carbocycles. The van der Waals surface area contributed by atoms with E-state index in [0.717, 1.165) is 36.8 Å². The smallest absolute Gasteiger partial charge is 0.252 e. The molecule has 0 aromatic heterocycles. The molecule has 0 unspecified atom stereocenters. The van der Waals surface area contributed by atoms with Gasteiger partial charge in [-0.3, -0.25) is 4.79 Å². The number of hydrogen-bond donors (Lipinski definition) is 1. The van der Waals surface area contributed by atoms with Crippen LogP contribution in [0.25, 0.3) is 0 Å². The second-order valence-electron chi connectivity index (χ2n) is 7.97. The fraction of sp³-hybridized carbons (Fsp3) is 0.667. The minimum atomic E-state index is -0.257. The summed E-state index contributed by atoms with van der Waals surface area (Å²) in [6.07, 6.45) is 8.07. The van der Waals surface area contributed by atoms with Crippen molar-refractivity contribution >= 4 is 5.91 Å². The number of amides is 1. The normalized spacial score (nSPS) is 34.6. The summed E-state index contributed by atoms with van der Waals surface area (Å²) in [4.78, 5) is 12.6. The number of fused-ring (bicyclic) bond motifs is 1. The van der Waals surface area contributed by atoms with Crippen molar-refractivity contribution in [1.82, 2.24) is 5.32 Å². The zero-order valence-electron chi connectivity index (χ0n) is 16.1. The average Bonchev–Trinajstić information content (AvgIpc) is 3.03. The highest BCUT2D eigenvalue weighted by atomic mass is 16.5. The fourth-order valence-electron chi connectivity index (χ4n) is 4.50. The van der Waals surface area contributed by atoms with Gasteiger partial charge in [0.2, 0.25) is 0 Å². The van der Waals surface area contributed by atoms with Gasteiger partial charge in [0.1, 0.15) is 0 Å². The summed E-state index contributed by atoms with van der Waals surface area (Å²) in [5, 5.41) is 3.03. The maximum Gasteiger partial charge on any atom is 0.252 e. The predicted molar refractivity (Wildman–Crippen MR) is 98.9 cm³/mol. The fourth-order valence-corrected chi connectivity index (χ4v) is 4.50. The molecule has 0 saturated carbocycles. The second kappa shape index (κ2) is 7.46. The molecule has 3 rings (SSSR count). The minimum Gasteiger partial charge on any atom is -0.376 e. The number of hydrogen-bond acceptors (Lipinski definition) is 3. The van der Waals surface area contributed by atoms with Crippen molar-refractivity contribution in [3.63, 3.8) is 0 Å². The highest BCUT2D eigenvalue weighted by Crippen LogP contribution is 2.46. The van der Waals surface area contributed by atoms with Gasteiger partial charge in [-0.15, -0.1) is 0 Å². The van der Waals surface area contributed by atoms with Crippen LogP contribution in [0.5, 0.6) is 0 Å². The van der Waals surface area contributed by atoms with Gasteiger partial charge in [-0.2, -0.15) is 0 Å². The van der Waals surface area contributed by atoms with E-state index in [4.69, 9.17) is 9.47 Å². The van der Waals surface area contributed by atoms with Gasteiger partial charge in [0, 0.05) is 18.6 Å². The SMILES string of the molecule is CO[C@@H]1C/C=C(\C)C[C@H]2O[C@H]3NC(=O)C1=C3[C@@H]2[C@H](C)CCC=C(C)C. The lowest BCUT2D eigenvalue weighted by Crippen LogP contribution is -2.32. The van der Waals surface area contributed by atoms with Crippen molar-refractivity contribution in [1.29, 1.82) is 0 Å². The van der Waals surface area contributed by atoms with E-state index in [1.165, 1.54) is 11.1 Å². The molecule has 1 amide bonds. The van der Waals surface area contributed by atoms with E-state index in [-0.39, 0.29) is 30.3 Å². The molecule has 0 aromatic carbocycles. The Morgan fingerprint density at radius 2 is 2.24 bits per heavy atom. The van der Waals surface area contributed by atoms with Gasteiger partial charge < -0.3 is 14.8 Å². The van der Waals surface area contributed by atoms with Crippen LogP contribution in [-0.2, 0) is 14.3 Å². The number of allylic oxidation sites excluding steroid dienone is 2. The molecular weight excluding hydrogens is 314 g/mol. The molecule has 4 nitrogen and oxygen atoms in total. The largest absolute Gasteiger partial charge is 0.376 e. The molecule has 2 aliphatic heterocycles. The van der Waals surface area contributed by atoms with Gasteiger partial charge in [-0.1, -0.05) is 30.2 Å². The standard InChI is InChI=1S/C21H31NO3/c1-12(2)7-6-8-14(4)17-16-11-13(3)9-10-15(24-5)18-19(17)21(25-16)22-20(18)23/h7,9,14-17,21H,6,8,10-11H2,1-5H3,(H,22,23)/b13-9+/t14-,15-,16-,17-,21-/m1/s1. The quantitative estimate of drug-likeness (QED) is 0.769. The molecule has 3 aliphatic rings. The van der Waals surface area contributed by atoms with Crippen LogP contribution in [0.2, 0.25) is 0 Å². The maximum atomic E-state index is 12.6. The lowest BCUT2D eigenvalue weighted by atomic mass is 9.78. The maximum absolute atomic E-state index is 12.6. The van der Waals surface area contributed by atoms with Crippen LogP contribution in [0, 0.1) is 11.8 Å². The van der Waals surface area contributed by atoms with Gasteiger partial charge in [0.05, 0.1) is 12.2 Å². The summed E-state index contributed by atoms with van der Waals surface area (Å²) in [7, 11) is 1.69. The van der Waals surface area contributed by atoms with Crippen LogP contribution in [0.1, 0.15) is 53.4 Å². The van der Waals surface area contributed by atoms with Crippen LogP contribution in [0.15, 0.2) is 34.4 Å². The van der Waals surface area contributed by atoms with E-state index >= 15 is 0 Å². The van der Waals surface area contributed by atoms with Crippen LogP contribution in [0.3, 0.4) is 0 Å². The second-order valence-corrected chi connectivity index (χ2v) is 7.97. The van der Waals surface area contributed by atoms with Gasteiger partial charge in [-0.05, 0) is 57.9 Å². The van der Waals surface area contributed by atoms with Crippen LogP contribution >= 0.6 is 0 Å². The Labute approximate surface area is 151 Å². The van der Waals surface area contributed by atoms with Crippen molar-refractivity contribution in [2.45, 2.75) is 71.8 Å². The third kappa shape index (κ3) is 3.61. The molecule has 2 heterocycles. The van der Waals surface area contributed by atoms with E-state index in [1.54, 1.807) is 7.11 Å². The molecule has 25 heavy (non-hydrogen) atoms. The Morgan fingerprint density at radius 3 is 2.92 bits per heavy atom. The number of ether oxygens (including phenoxy) is 2. The minimum absolute atomic E-state index is 0.0141. The summed E-state index contributed by atoms with van der Waals surface area (Å²) >= 11 is 0. The highest BCUT2D eigenvalue weighted by Gasteiger charge is 2.50. The Balaban J connectivity index is 1.95. The third-order valence-corrected chi connectivity index (χ3v) is 5.77. The number of carbonyl (C=O) groups is 1. The Kier molecular flexibility index (Phi) is 5.49. The molecule has 1 N–H and O–H groups in total. The van der Waals surface area contributed by atoms with Crippen molar-refractivity contribution < 1.29 is 14.3 Å². The van der Waals surface area contributed by atoms with Gasteiger partial charge >= 0.3 is 0 Å². The Bertz CT molecular complexity index is 627. The molecule has 0 spiro atoms. The molecule has 4 heteroatoms.